The van der Waals surface area contributed by atoms with E-state index in [9.17, 15) is 4.39 Å². The van der Waals surface area contributed by atoms with Crippen molar-refractivity contribution in [2.24, 2.45) is 10.4 Å². The van der Waals surface area contributed by atoms with E-state index in [4.69, 9.17) is 11.6 Å². The Morgan fingerprint density at radius 1 is 1.47 bits per heavy atom. The molecule has 0 aliphatic carbocycles. The van der Waals surface area contributed by atoms with Crippen LogP contribution in [-0.2, 0) is 0 Å². The van der Waals surface area contributed by atoms with Gasteiger partial charge in [0.1, 0.15) is 5.82 Å². The van der Waals surface area contributed by atoms with Crippen LogP contribution >= 0.6 is 23.4 Å². The quantitative estimate of drug-likeness (QED) is 0.835. The van der Waals surface area contributed by atoms with Crippen molar-refractivity contribution in [3.63, 3.8) is 0 Å². The number of hydrogen-bond donors (Lipinski definition) is 1. The minimum absolute atomic E-state index is 0.217. The molecule has 0 aromatic heterocycles. The number of anilines is 1. The number of benzene rings is 1. The number of aliphatic imine (C=N–C) groups is 1. The summed E-state index contributed by atoms with van der Waals surface area (Å²) in [7, 11) is 0. The lowest BCUT2D eigenvalue weighted by Crippen LogP contribution is -2.27. The molecule has 92 valence electrons. The van der Waals surface area contributed by atoms with Gasteiger partial charge < -0.3 is 5.32 Å². The first kappa shape index (κ1) is 12.7. The van der Waals surface area contributed by atoms with Gasteiger partial charge >= 0.3 is 0 Å². The fourth-order valence-corrected chi connectivity index (χ4v) is 2.54. The minimum Gasteiger partial charge on any atom is -0.333 e. The molecule has 0 unspecified atom stereocenters. The summed E-state index contributed by atoms with van der Waals surface area (Å²) < 4.78 is 13.5. The van der Waals surface area contributed by atoms with Gasteiger partial charge in [0.05, 0.1) is 5.69 Å². The van der Waals surface area contributed by atoms with Gasteiger partial charge in [-0.2, -0.15) is 0 Å². The summed E-state index contributed by atoms with van der Waals surface area (Å²) >= 11 is 7.31. The molecule has 0 saturated heterocycles. The Morgan fingerprint density at radius 3 is 2.82 bits per heavy atom. The molecule has 1 N–H and O–H groups in total. The first-order valence-corrected chi connectivity index (χ1v) is 6.72. The molecule has 0 spiro atoms. The van der Waals surface area contributed by atoms with Crippen molar-refractivity contribution in [3.8, 4) is 0 Å². The second-order valence-electron chi connectivity index (χ2n) is 4.82. The lowest BCUT2D eigenvalue weighted by Gasteiger charge is -2.27. The molecule has 1 aliphatic heterocycles. The number of nitrogens with one attached hydrogen (secondary N) is 1. The Morgan fingerprint density at radius 2 is 2.24 bits per heavy atom. The predicted octanol–water partition coefficient (Wildman–Crippen LogP) is 4.02. The Labute approximate surface area is 110 Å². The second-order valence-corrected chi connectivity index (χ2v) is 6.22. The van der Waals surface area contributed by atoms with E-state index in [1.165, 1.54) is 6.07 Å². The van der Waals surface area contributed by atoms with Crippen molar-refractivity contribution in [1.82, 2.24) is 0 Å². The fraction of sp³-hybridized carbons (Fsp3) is 0.417. The van der Waals surface area contributed by atoms with Crippen molar-refractivity contribution in [2.45, 2.75) is 13.8 Å². The van der Waals surface area contributed by atoms with Gasteiger partial charge in [0.25, 0.3) is 0 Å². The van der Waals surface area contributed by atoms with Crippen LogP contribution < -0.4 is 5.32 Å². The number of nitrogens with zero attached hydrogens (tertiary/aromatic N) is 1. The maximum absolute atomic E-state index is 13.5. The summed E-state index contributed by atoms with van der Waals surface area (Å²) in [4.78, 5) is 4.41. The highest BCUT2D eigenvalue weighted by Gasteiger charge is 2.23. The van der Waals surface area contributed by atoms with Crippen LogP contribution in [0.25, 0.3) is 0 Å². The molecular weight excluding hydrogens is 259 g/mol. The number of hydrogen-bond acceptors (Lipinski definition) is 3. The minimum atomic E-state index is -0.356. The summed E-state index contributed by atoms with van der Waals surface area (Å²) in [5, 5.41) is 4.16. The summed E-state index contributed by atoms with van der Waals surface area (Å²) in [6, 6.07) is 4.58. The zero-order valence-electron chi connectivity index (χ0n) is 9.76. The van der Waals surface area contributed by atoms with Crippen LogP contribution in [0.5, 0.6) is 0 Å². The van der Waals surface area contributed by atoms with Gasteiger partial charge in [-0.1, -0.05) is 37.2 Å². The summed E-state index contributed by atoms with van der Waals surface area (Å²) in [5.74, 6) is 0.624. The third-order valence-corrected chi connectivity index (χ3v) is 4.09. The van der Waals surface area contributed by atoms with Crippen LogP contribution in [-0.4, -0.2) is 17.5 Å². The largest absolute Gasteiger partial charge is 0.333 e. The standard InChI is InChI=1S/C12H14ClFN2S/c1-12(2)6-15-11(17-7-12)16-10-4-3-8(13)5-9(10)14/h3-5H,6-7H2,1-2H3,(H,15,16). The van der Waals surface area contributed by atoms with E-state index in [-0.39, 0.29) is 11.2 Å². The molecule has 0 fully saturated rings. The lowest BCUT2D eigenvalue weighted by atomic mass is 9.97. The summed E-state index contributed by atoms with van der Waals surface area (Å²) in [5.41, 5.74) is 0.634. The van der Waals surface area contributed by atoms with E-state index in [1.54, 1.807) is 23.9 Å². The van der Waals surface area contributed by atoms with E-state index in [1.807, 2.05) is 0 Å². The Balaban J connectivity index is 2.09. The molecule has 5 heteroatoms. The molecule has 0 radical (unpaired) electrons. The molecule has 1 aliphatic rings. The third-order valence-electron chi connectivity index (χ3n) is 2.42. The van der Waals surface area contributed by atoms with Gasteiger partial charge in [-0.05, 0) is 23.6 Å². The van der Waals surface area contributed by atoms with E-state index < -0.39 is 0 Å². The first-order valence-electron chi connectivity index (χ1n) is 5.36. The number of halogens is 2. The monoisotopic (exact) mass is 272 g/mol. The van der Waals surface area contributed by atoms with E-state index in [0.29, 0.717) is 10.7 Å². The van der Waals surface area contributed by atoms with Gasteiger partial charge in [0.2, 0.25) is 0 Å². The lowest BCUT2D eigenvalue weighted by molar-refractivity contribution is 0.438. The van der Waals surface area contributed by atoms with E-state index in [2.05, 4.69) is 24.2 Å². The molecule has 1 heterocycles. The molecule has 17 heavy (non-hydrogen) atoms. The highest BCUT2D eigenvalue weighted by molar-refractivity contribution is 8.14. The van der Waals surface area contributed by atoms with Crippen molar-refractivity contribution in [3.05, 3.63) is 29.0 Å². The molecule has 2 rings (SSSR count). The second kappa shape index (κ2) is 4.86. The van der Waals surface area contributed by atoms with Gasteiger partial charge in [-0.15, -0.1) is 0 Å². The summed E-state index contributed by atoms with van der Waals surface area (Å²) in [6.07, 6.45) is 0. The zero-order chi connectivity index (χ0) is 12.5. The number of rotatable bonds is 1. The van der Waals surface area contributed by atoms with Crippen molar-refractivity contribution >= 4 is 34.2 Å². The normalized spacial score (nSPS) is 18.7. The topological polar surface area (TPSA) is 24.4 Å². The molecule has 1 aromatic rings. The molecule has 2 nitrogen and oxygen atoms in total. The van der Waals surface area contributed by atoms with Crippen LogP contribution in [0.3, 0.4) is 0 Å². The maximum atomic E-state index is 13.5. The number of amidine groups is 1. The zero-order valence-corrected chi connectivity index (χ0v) is 11.3. The van der Waals surface area contributed by atoms with Crippen LogP contribution in [0.15, 0.2) is 23.2 Å². The van der Waals surface area contributed by atoms with Crippen LogP contribution in [0.1, 0.15) is 13.8 Å². The molecule has 0 amide bonds. The van der Waals surface area contributed by atoms with Crippen LogP contribution in [0.4, 0.5) is 10.1 Å². The van der Waals surface area contributed by atoms with E-state index in [0.717, 1.165) is 17.5 Å². The Hall–Kier alpha value is -0.740. The average Bonchev–Trinajstić information content (AvgIpc) is 2.25. The highest BCUT2D eigenvalue weighted by atomic mass is 35.5. The SMILES string of the molecule is CC1(C)CN=C(Nc2ccc(Cl)cc2F)SC1. The number of thioether (sulfide) groups is 1. The van der Waals surface area contributed by atoms with Crippen LogP contribution in [0, 0.1) is 11.2 Å². The average molecular weight is 273 g/mol. The highest BCUT2D eigenvalue weighted by Crippen LogP contribution is 2.29. The maximum Gasteiger partial charge on any atom is 0.161 e. The Bertz CT molecular complexity index is 460. The van der Waals surface area contributed by atoms with Crippen molar-refractivity contribution < 1.29 is 4.39 Å². The molecular formula is C12H14ClFN2S. The van der Waals surface area contributed by atoms with Gasteiger partial charge in [0.15, 0.2) is 5.17 Å². The third kappa shape index (κ3) is 3.36. The van der Waals surface area contributed by atoms with Crippen molar-refractivity contribution in [2.75, 3.05) is 17.6 Å². The molecule has 1 aromatic carbocycles. The summed E-state index contributed by atoms with van der Waals surface area (Å²) in [6.45, 7) is 5.10. The smallest absolute Gasteiger partial charge is 0.161 e. The first-order chi connectivity index (χ1) is 7.96. The molecule has 0 atom stereocenters. The molecule has 0 saturated carbocycles. The van der Waals surface area contributed by atoms with Crippen molar-refractivity contribution in [1.29, 1.82) is 0 Å². The van der Waals surface area contributed by atoms with Gasteiger partial charge in [-0.25, -0.2) is 4.39 Å². The van der Waals surface area contributed by atoms with Gasteiger partial charge in [-0.3, -0.25) is 4.99 Å². The predicted molar refractivity (Wildman–Crippen MR) is 73.6 cm³/mol. The van der Waals surface area contributed by atoms with Gasteiger partial charge in [0, 0.05) is 17.3 Å². The Kier molecular flexibility index (Phi) is 3.64. The van der Waals surface area contributed by atoms with E-state index >= 15 is 0 Å². The van der Waals surface area contributed by atoms with Crippen LogP contribution in [0.2, 0.25) is 5.02 Å². The fourth-order valence-electron chi connectivity index (χ4n) is 1.42. The molecule has 0 bridgehead atoms.